The van der Waals surface area contributed by atoms with Gasteiger partial charge in [0.2, 0.25) is 0 Å². The van der Waals surface area contributed by atoms with Crippen molar-refractivity contribution in [3.63, 3.8) is 0 Å². The third-order valence-corrected chi connectivity index (χ3v) is 4.92. The van der Waals surface area contributed by atoms with E-state index in [0.717, 1.165) is 20.1 Å². The minimum Gasteiger partial charge on any atom is -0.306 e. The number of aryl methyl sites for hydroxylation is 1. The van der Waals surface area contributed by atoms with Gasteiger partial charge in [0.1, 0.15) is 11.6 Å². The van der Waals surface area contributed by atoms with Gasteiger partial charge in [-0.1, -0.05) is 6.07 Å². The number of amides is 1. The predicted octanol–water partition coefficient (Wildman–Crippen LogP) is 4.76. The summed E-state index contributed by atoms with van der Waals surface area (Å²) >= 11 is 4.62. The molecule has 0 aliphatic rings. The number of nitrogens with one attached hydrogen (secondary N) is 1. The molecule has 0 unspecified atom stereocenters. The molecule has 6 heteroatoms. The number of carbonyl (C=O) groups excluding carboxylic acids is 1. The standard InChI is InChI=1S/C15H10BrFN2OS/c1-8-4-14(18-7-11(8)16)19-15(20)13-5-9-2-3-10(17)6-12(9)21-13/h2-7H,1H3,(H,18,19,20). The molecule has 0 aliphatic heterocycles. The van der Waals surface area contributed by atoms with Crippen LogP contribution in [0.2, 0.25) is 0 Å². The number of rotatable bonds is 2. The smallest absolute Gasteiger partial charge is 0.266 e. The molecular formula is C15H10BrFN2OS. The zero-order valence-electron chi connectivity index (χ0n) is 11.0. The summed E-state index contributed by atoms with van der Waals surface area (Å²) in [4.78, 5) is 16.9. The molecule has 1 amide bonds. The molecule has 3 aromatic rings. The van der Waals surface area contributed by atoms with Gasteiger partial charge in [0.15, 0.2) is 0 Å². The number of anilines is 1. The summed E-state index contributed by atoms with van der Waals surface area (Å²) in [5, 5.41) is 3.60. The normalized spacial score (nSPS) is 10.8. The fourth-order valence-corrected chi connectivity index (χ4v) is 3.10. The molecule has 3 rings (SSSR count). The predicted molar refractivity (Wildman–Crippen MR) is 86.4 cm³/mol. The third-order valence-electron chi connectivity index (χ3n) is 2.99. The quantitative estimate of drug-likeness (QED) is 0.712. The molecule has 0 bridgehead atoms. The van der Waals surface area contributed by atoms with E-state index in [4.69, 9.17) is 0 Å². The van der Waals surface area contributed by atoms with E-state index in [0.29, 0.717) is 10.7 Å². The van der Waals surface area contributed by atoms with Crippen LogP contribution in [0, 0.1) is 12.7 Å². The van der Waals surface area contributed by atoms with E-state index in [1.165, 1.54) is 23.5 Å². The van der Waals surface area contributed by atoms with Crippen molar-refractivity contribution in [2.75, 3.05) is 5.32 Å². The Labute approximate surface area is 133 Å². The second-order valence-corrected chi connectivity index (χ2v) is 6.50. The molecule has 2 heterocycles. The molecule has 2 aromatic heterocycles. The number of aromatic nitrogens is 1. The van der Waals surface area contributed by atoms with Crippen LogP contribution >= 0.6 is 27.3 Å². The maximum Gasteiger partial charge on any atom is 0.266 e. The summed E-state index contributed by atoms with van der Waals surface area (Å²) in [6.07, 6.45) is 1.64. The average molecular weight is 365 g/mol. The minimum absolute atomic E-state index is 0.245. The van der Waals surface area contributed by atoms with Crippen LogP contribution in [-0.4, -0.2) is 10.9 Å². The maximum atomic E-state index is 13.2. The van der Waals surface area contributed by atoms with Crippen LogP contribution in [0.25, 0.3) is 10.1 Å². The van der Waals surface area contributed by atoms with Gasteiger partial charge in [-0.2, -0.15) is 0 Å². The highest BCUT2D eigenvalue weighted by molar-refractivity contribution is 9.10. The van der Waals surface area contributed by atoms with E-state index in [-0.39, 0.29) is 11.7 Å². The molecule has 0 atom stereocenters. The summed E-state index contributed by atoms with van der Waals surface area (Å²) in [5.41, 5.74) is 0.985. The number of halogens is 2. The fourth-order valence-electron chi connectivity index (χ4n) is 1.90. The van der Waals surface area contributed by atoms with E-state index in [1.54, 1.807) is 24.4 Å². The minimum atomic E-state index is -0.304. The molecular weight excluding hydrogens is 355 g/mol. The van der Waals surface area contributed by atoms with Gasteiger partial charge in [0.05, 0.1) is 4.88 Å². The van der Waals surface area contributed by atoms with E-state index in [1.807, 2.05) is 6.92 Å². The molecule has 0 fully saturated rings. The lowest BCUT2D eigenvalue weighted by Gasteiger charge is -2.04. The zero-order valence-corrected chi connectivity index (χ0v) is 13.4. The first kappa shape index (κ1) is 14.2. The van der Waals surface area contributed by atoms with Crippen LogP contribution in [0.4, 0.5) is 10.2 Å². The summed E-state index contributed by atoms with van der Waals surface area (Å²) in [5.74, 6) is -0.0586. The Hall–Kier alpha value is -1.79. The highest BCUT2D eigenvalue weighted by atomic mass is 79.9. The summed E-state index contributed by atoms with van der Waals surface area (Å²) in [6.45, 7) is 1.92. The molecule has 1 N–H and O–H groups in total. The van der Waals surface area contributed by atoms with Crippen molar-refractivity contribution >= 4 is 49.1 Å². The SMILES string of the molecule is Cc1cc(NC(=O)c2cc3ccc(F)cc3s2)ncc1Br. The lowest BCUT2D eigenvalue weighted by atomic mass is 10.2. The number of hydrogen-bond acceptors (Lipinski definition) is 3. The van der Waals surface area contributed by atoms with Crippen molar-refractivity contribution in [2.24, 2.45) is 0 Å². The molecule has 0 spiro atoms. The molecule has 3 nitrogen and oxygen atoms in total. The summed E-state index contributed by atoms with van der Waals surface area (Å²) < 4.78 is 14.8. The Kier molecular flexibility index (Phi) is 3.73. The van der Waals surface area contributed by atoms with Crippen molar-refractivity contribution in [1.29, 1.82) is 0 Å². The van der Waals surface area contributed by atoms with Crippen LogP contribution in [0.3, 0.4) is 0 Å². The summed E-state index contributed by atoms with van der Waals surface area (Å²) in [7, 11) is 0. The van der Waals surface area contributed by atoms with Gasteiger partial charge in [-0.25, -0.2) is 9.37 Å². The van der Waals surface area contributed by atoms with Crippen LogP contribution in [0.1, 0.15) is 15.2 Å². The number of benzene rings is 1. The van der Waals surface area contributed by atoms with Gasteiger partial charge in [-0.15, -0.1) is 11.3 Å². The highest BCUT2D eigenvalue weighted by Crippen LogP contribution is 2.27. The van der Waals surface area contributed by atoms with Crippen LogP contribution in [0.15, 0.2) is 41.0 Å². The monoisotopic (exact) mass is 364 g/mol. The summed E-state index contributed by atoms with van der Waals surface area (Å²) in [6, 6.07) is 8.02. The number of carbonyl (C=O) groups is 1. The number of thiophene rings is 1. The van der Waals surface area contributed by atoms with E-state index >= 15 is 0 Å². The van der Waals surface area contributed by atoms with Gasteiger partial charge >= 0.3 is 0 Å². The van der Waals surface area contributed by atoms with Crippen molar-refractivity contribution in [3.05, 3.63) is 57.3 Å². The van der Waals surface area contributed by atoms with Gasteiger partial charge in [0, 0.05) is 15.4 Å². The Balaban J connectivity index is 1.87. The van der Waals surface area contributed by atoms with Crippen molar-refractivity contribution < 1.29 is 9.18 Å². The Bertz CT molecular complexity index is 847. The van der Waals surface area contributed by atoms with Crippen LogP contribution < -0.4 is 5.32 Å². The van der Waals surface area contributed by atoms with Gasteiger partial charge in [-0.05, 0) is 58.1 Å². The largest absolute Gasteiger partial charge is 0.306 e. The Morgan fingerprint density at radius 1 is 1.33 bits per heavy atom. The first-order valence-electron chi connectivity index (χ1n) is 6.15. The lowest BCUT2D eigenvalue weighted by molar-refractivity contribution is 0.103. The second kappa shape index (κ2) is 5.54. The van der Waals surface area contributed by atoms with Gasteiger partial charge in [0.25, 0.3) is 5.91 Å². The first-order chi connectivity index (χ1) is 10.0. The molecule has 0 radical (unpaired) electrons. The average Bonchev–Trinajstić information content (AvgIpc) is 2.86. The fraction of sp³-hybridized carbons (Fsp3) is 0.0667. The van der Waals surface area contributed by atoms with Gasteiger partial charge in [-0.3, -0.25) is 4.79 Å². The highest BCUT2D eigenvalue weighted by Gasteiger charge is 2.12. The lowest BCUT2D eigenvalue weighted by Crippen LogP contribution is -2.11. The molecule has 106 valence electrons. The van der Waals surface area contributed by atoms with E-state index in [2.05, 4.69) is 26.2 Å². The first-order valence-corrected chi connectivity index (χ1v) is 7.76. The number of pyridine rings is 1. The molecule has 0 saturated heterocycles. The topological polar surface area (TPSA) is 42.0 Å². The zero-order chi connectivity index (χ0) is 15.0. The molecule has 0 aliphatic carbocycles. The van der Waals surface area contributed by atoms with Crippen LogP contribution in [0.5, 0.6) is 0 Å². The Morgan fingerprint density at radius 2 is 2.14 bits per heavy atom. The second-order valence-electron chi connectivity index (χ2n) is 4.57. The van der Waals surface area contributed by atoms with Crippen molar-refractivity contribution in [2.45, 2.75) is 6.92 Å². The number of fused-ring (bicyclic) bond motifs is 1. The Morgan fingerprint density at radius 3 is 2.90 bits per heavy atom. The van der Waals surface area contributed by atoms with Crippen molar-refractivity contribution in [1.82, 2.24) is 4.98 Å². The third kappa shape index (κ3) is 2.96. The molecule has 1 aromatic carbocycles. The molecule has 0 saturated carbocycles. The van der Waals surface area contributed by atoms with Crippen molar-refractivity contribution in [3.8, 4) is 0 Å². The number of hydrogen-bond donors (Lipinski definition) is 1. The molecule has 21 heavy (non-hydrogen) atoms. The van der Waals surface area contributed by atoms with E-state index < -0.39 is 0 Å². The number of nitrogens with zero attached hydrogens (tertiary/aromatic N) is 1. The van der Waals surface area contributed by atoms with Crippen LogP contribution in [-0.2, 0) is 0 Å². The van der Waals surface area contributed by atoms with Gasteiger partial charge < -0.3 is 5.32 Å². The van der Waals surface area contributed by atoms with E-state index in [9.17, 15) is 9.18 Å². The maximum absolute atomic E-state index is 13.2.